The quantitative estimate of drug-likeness (QED) is 0.629. The molecule has 1 N–H and O–H groups in total. The predicted octanol–water partition coefficient (Wildman–Crippen LogP) is 4.51. The second-order valence-electron chi connectivity index (χ2n) is 9.78. The number of esters is 1. The summed E-state index contributed by atoms with van der Waals surface area (Å²) in [5.41, 5.74) is 0.838. The summed E-state index contributed by atoms with van der Waals surface area (Å²) in [4.78, 5) is 27.2. The molecule has 5 nitrogen and oxygen atoms in total. The van der Waals surface area contributed by atoms with E-state index in [1.807, 2.05) is 17.0 Å². The van der Waals surface area contributed by atoms with Crippen molar-refractivity contribution in [2.24, 2.45) is 11.8 Å². The van der Waals surface area contributed by atoms with Crippen LogP contribution in [0.25, 0.3) is 0 Å². The minimum atomic E-state index is -4.39. The number of hydrogen-bond acceptors (Lipinski definition) is 4. The molecule has 1 saturated heterocycles. The minimum absolute atomic E-state index is 0.0770. The van der Waals surface area contributed by atoms with Crippen molar-refractivity contribution in [3.63, 3.8) is 0 Å². The molecular formula is C26H27F3N2O3. The zero-order chi connectivity index (χ0) is 24.1. The van der Waals surface area contributed by atoms with Gasteiger partial charge in [-0.05, 0) is 66.8 Å². The lowest BCUT2D eigenvalue weighted by molar-refractivity contribution is -0.137. The van der Waals surface area contributed by atoms with Crippen LogP contribution in [0.4, 0.5) is 13.2 Å². The Morgan fingerprint density at radius 3 is 2.47 bits per heavy atom. The number of ether oxygens (including phenoxy) is 1. The van der Waals surface area contributed by atoms with Crippen LogP contribution in [0.5, 0.6) is 0 Å². The molecule has 1 aliphatic heterocycles. The highest BCUT2D eigenvalue weighted by molar-refractivity contribution is 5.89. The molecule has 180 valence electrons. The third kappa shape index (κ3) is 4.56. The van der Waals surface area contributed by atoms with Crippen molar-refractivity contribution in [1.29, 1.82) is 0 Å². The van der Waals surface area contributed by atoms with Gasteiger partial charge in [0, 0.05) is 13.1 Å². The molecule has 2 aromatic rings. The van der Waals surface area contributed by atoms with E-state index in [2.05, 4.69) is 5.32 Å². The van der Waals surface area contributed by atoms with E-state index in [4.69, 9.17) is 4.74 Å². The SMILES string of the molecule is COC(=O)c1ccc(C2(NC(=O)C3C[C@@H]4C[C@@H]4CN3Cc3cccc(C(F)(F)F)c3)CC2)cc1. The Balaban J connectivity index is 1.31. The number of carbonyl (C=O) groups is 2. The van der Waals surface area contributed by atoms with Gasteiger partial charge in [0.05, 0.1) is 29.8 Å². The number of carbonyl (C=O) groups excluding carboxylic acids is 2. The standard InChI is InChI=1S/C26H27F3N2O3/c1-34-24(33)17-5-7-20(8-6-17)25(9-10-25)30-23(32)22-13-18-12-19(18)15-31(22)14-16-3-2-4-21(11-16)26(27,28)29/h2-8,11,18-19,22H,9-10,12-15H2,1H3,(H,30,32)/t18-,19+,22?/m0/s1. The first kappa shape index (κ1) is 22.9. The summed E-state index contributed by atoms with van der Waals surface area (Å²) in [5.74, 6) is 0.553. The number of alkyl halides is 3. The van der Waals surface area contributed by atoms with Crippen molar-refractivity contribution < 1.29 is 27.5 Å². The Morgan fingerprint density at radius 1 is 1.09 bits per heavy atom. The van der Waals surface area contributed by atoms with Gasteiger partial charge in [-0.1, -0.05) is 30.3 Å². The van der Waals surface area contributed by atoms with Crippen LogP contribution in [0.1, 0.15) is 52.7 Å². The molecule has 34 heavy (non-hydrogen) atoms. The van der Waals surface area contributed by atoms with Crippen LogP contribution in [0.15, 0.2) is 48.5 Å². The molecule has 0 aromatic heterocycles. The Morgan fingerprint density at radius 2 is 1.82 bits per heavy atom. The number of methoxy groups -OCH3 is 1. The van der Waals surface area contributed by atoms with E-state index < -0.39 is 23.2 Å². The van der Waals surface area contributed by atoms with Crippen LogP contribution in [0, 0.1) is 11.8 Å². The normalized spacial score (nSPS) is 25.2. The summed E-state index contributed by atoms with van der Waals surface area (Å²) in [5, 5.41) is 3.23. The number of fused-ring (bicyclic) bond motifs is 1. The van der Waals surface area contributed by atoms with Gasteiger partial charge in [0.2, 0.25) is 5.91 Å². The number of benzene rings is 2. The topological polar surface area (TPSA) is 58.6 Å². The maximum absolute atomic E-state index is 13.4. The smallest absolute Gasteiger partial charge is 0.416 e. The molecule has 1 heterocycles. The van der Waals surface area contributed by atoms with Gasteiger partial charge < -0.3 is 10.1 Å². The van der Waals surface area contributed by atoms with Crippen molar-refractivity contribution in [3.05, 3.63) is 70.8 Å². The average Bonchev–Trinajstić information content (AvgIpc) is 3.74. The molecular weight excluding hydrogens is 445 g/mol. The number of nitrogens with zero attached hydrogens (tertiary/aromatic N) is 1. The largest absolute Gasteiger partial charge is 0.465 e. The molecule has 1 unspecified atom stereocenters. The Labute approximate surface area is 196 Å². The Bertz CT molecular complexity index is 1100. The lowest BCUT2D eigenvalue weighted by Crippen LogP contribution is -2.52. The number of likely N-dealkylation sites (tertiary alicyclic amines) is 1. The van der Waals surface area contributed by atoms with Gasteiger partial charge in [0.1, 0.15) is 0 Å². The van der Waals surface area contributed by atoms with Gasteiger partial charge in [-0.2, -0.15) is 13.2 Å². The van der Waals surface area contributed by atoms with Gasteiger partial charge in [-0.25, -0.2) is 4.79 Å². The molecule has 0 spiro atoms. The highest BCUT2D eigenvalue weighted by atomic mass is 19.4. The maximum atomic E-state index is 13.4. The Kier molecular flexibility index (Phi) is 5.67. The van der Waals surface area contributed by atoms with Crippen molar-refractivity contribution in [2.45, 2.75) is 50.0 Å². The number of piperidine rings is 1. The average molecular weight is 473 g/mol. The van der Waals surface area contributed by atoms with Gasteiger partial charge >= 0.3 is 12.1 Å². The zero-order valence-corrected chi connectivity index (χ0v) is 18.9. The van der Waals surface area contributed by atoms with E-state index >= 15 is 0 Å². The van der Waals surface area contributed by atoms with E-state index in [1.54, 1.807) is 18.2 Å². The minimum Gasteiger partial charge on any atom is -0.465 e. The van der Waals surface area contributed by atoms with Crippen molar-refractivity contribution in [3.8, 4) is 0 Å². The van der Waals surface area contributed by atoms with Crippen molar-refractivity contribution in [1.82, 2.24) is 10.2 Å². The fraction of sp³-hybridized carbons (Fsp3) is 0.462. The van der Waals surface area contributed by atoms with Gasteiger partial charge in [-0.3, -0.25) is 9.69 Å². The third-order valence-electron chi connectivity index (χ3n) is 7.42. The second kappa shape index (κ2) is 8.41. The first-order valence-electron chi connectivity index (χ1n) is 11.6. The summed E-state index contributed by atoms with van der Waals surface area (Å²) in [6, 6.07) is 12.1. The number of hydrogen-bond donors (Lipinski definition) is 1. The second-order valence-corrected chi connectivity index (χ2v) is 9.78. The number of halogens is 3. The predicted molar refractivity (Wildman–Crippen MR) is 119 cm³/mol. The van der Waals surface area contributed by atoms with E-state index in [0.29, 0.717) is 29.5 Å². The summed E-state index contributed by atoms with van der Waals surface area (Å²) < 4.78 is 44.2. The van der Waals surface area contributed by atoms with E-state index in [-0.39, 0.29) is 11.9 Å². The molecule has 2 saturated carbocycles. The summed E-state index contributed by atoms with van der Waals surface area (Å²) in [6.07, 6.45) is -0.973. The molecule has 0 radical (unpaired) electrons. The first-order chi connectivity index (χ1) is 16.2. The Hall–Kier alpha value is -2.87. The highest BCUT2D eigenvalue weighted by Gasteiger charge is 2.51. The van der Waals surface area contributed by atoms with Gasteiger partial charge in [0.15, 0.2) is 0 Å². The molecule has 0 bridgehead atoms. The summed E-state index contributed by atoms with van der Waals surface area (Å²) in [6.45, 7) is 1.03. The molecule has 5 rings (SSSR count). The zero-order valence-electron chi connectivity index (χ0n) is 18.9. The van der Waals surface area contributed by atoms with Crippen LogP contribution >= 0.6 is 0 Å². The monoisotopic (exact) mass is 472 g/mol. The van der Waals surface area contributed by atoms with Gasteiger partial charge in [-0.15, -0.1) is 0 Å². The van der Waals surface area contributed by atoms with Crippen LogP contribution in [-0.2, 0) is 27.8 Å². The van der Waals surface area contributed by atoms with Crippen LogP contribution in [0.2, 0.25) is 0 Å². The van der Waals surface area contributed by atoms with Crippen molar-refractivity contribution in [2.75, 3.05) is 13.7 Å². The first-order valence-corrected chi connectivity index (χ1v) is 11.6. The molecule has 8 heteroatoms. The van der Waals surface area contributed by atoms with Crippen LogP contribution in [-0.4, -0.2) is 36.5 Å². The van der Waals surface area contributed by atoms with Crippen LogP contribution in [0.3, 0.4) is 0 Å². The highest BCUT2D eigenvalue weighted by Crippen LogP contribution is 2.49. The number of nitrogens with one attached hydrogen (secondary N) is 1. The fourth-order valence-corrected chi connectivity index (χ4v) is 5.19. The van der Waals surface area contributed by atoms with Crippen molar-refractivity contribution >= 4 is 11.9 Å². The molecule has 1 amide bonds. The van der Waals surface area contributed by atoms with Crippen LogP contribution < -0.4 is 5.32 Å². The fourth-order valence-electron chi connectivity index (χ4n) is 5.19. The van der Waals surface area contributed by atoms with Gasteiger partial charge in [0.25, 0.3) is 0 Å². The molecule has 3 atom stereocenters. The third-order valence-corrected chi connectivity index (χ3v) is 7.42. The lowest BCUT2D eigenvalue weighted by atomic mass is 9.97. The van der Waals surface area contributed by atoms with E-state index in [9.17, 15) is 22.8 Å². The van der Waals surface area contributed by atoms with E-state index in [0.717, 1.165) is 43.9 Å². The molecule has 3 fully saturated rings. The number of amides is 1. The number of rotatable bonds is 6. The lowest BCUT2D eigenvalue weighted by Gasteiger charge is -2.35. The molecule has 2 aliphatic carbocycles. The summed E-state index contributed by atoms with van der Waals surface area (Å²) >= 11 is 0. The maximum Gasteiger partial charge on any atom is 0.416 e. The summed E-state index contributed by atoms with van der Waals surface area (Å²) in [7, 11) is 1.33. The molecule has 3 aliphatic rings. The van der Waals surface area contributed by atoms with E-state index in [1.165, 1.54) is 19.2 Å². The molecule has 2 aromatic carbocycles.